The van der Waals surface area contributed by atoms with Gasteiger partial charge in [-0.15, -0.1) is 0 Å². The molecule has 4 heterocycles. The Balaban J connectivity index is 1.78. The number of rotatable bonds is 3. The highest BCUT2D eigenvalue weighted by molar-refractivity contribution is 9.10. The average Bonchev–Trinajstić information content (AvgIpc) is 2.67. The summed E-state index contributed by atoms with van der Waals surface area (Å²) in [5, 5.41) is 13.2. The molecule has 4 rings (SSSR count). The van der Waals surface area contributed by atoms with E-state index in [1.807, 2.05) is 0 Å². The van der Waals surface area contributed by atoms with Crippen molar-refractivity contribution < 1.29 is 17.9 Å². The van der Waals surface area contributed by atoms with Crippen LogP contribution in [-0.2, 0) is 15.4 Å². The van der Waals surface area contributed by atoms with Crippen LogP contribution in [-0.4, -0.2) is 50.0 Å². The average molecular weight is 510 g/mol. The molecule has 0 bridgehead atoms. The number of fused-ring (bicyclic) bond motifs is 1. The van der Waals surface area contributed by atoms with E-state index in [2.05, 4.69) is 46.2 Å². The number of aliphatic hydroxyl groups is 1. The van der Waals surface area contributed by atoms with Gasteiger partial charge in [0.25, 0.3) is 0 Å². The molecule has 10 nitrogen and oxygen atoms in total. The molecule has 13 heteroatoms. The molecule has 162 valence electrons. The van der Waals surface area contributed by atoms with E-state index in [0.717, 1.165) is 17.6 Å². The van der Waals surface area contributed by atoms with Crippen LogP contribution in [0, 0.1) is 5.82 Å². The first-order valence-corrected chi connectivity index (χ1v) is 11.4. The number of aliphatic imine (C=N–C) groups is 1. The van der Waals surface area contributed by atoms with Gasteiger partial charge in [0.2, 0.25) is 4.93 Å². The first-order chi connectivity index (χ1) is 14.4. The highest BCUT2D eigenvalue weighted by Gasteiger charge is 2.51. The van der Waals surface area contributed by atoms with Crippen LogP contribution < -0.4 is 11.1 Å². The van der Waals surface area contributed by atoms with Gasteiger partial charge < -0.3 is 16.2 Å². The molecule has 0 aliphatic carbocycles. The van der Waals surface area contributed by atoms with E-state index in [-0.39, 0.29) is 11.4 Å². The Morgan fingerprint density at radius 2 is 1.94 bits per heavy atom. The third-order valence-corrected chi connectivity index (χ3v) is 7.84. The summed E-state index contributed by atoms with van der Waals surface area (Å²) in [4.78, 5) is 18.4. The Labute approximate surface area is 184 Å². The number of aromatic nitrogens is 4. The van der Waals surface area contributed by atoms with Gasteiger partial charge in [-0.3, -0.25) is 4.99 Å². The first-order valence-electron chi connectivity index (χ1n) is 8.93. The van der Waals surface area contributed by atoms with E-state index < -0.39 is 37.7 Å². The van der Waals surface area contributed by atoms with Gasteiger partial charge >= 0.3 is 0 Å². The topological polar surface area (TPSA) is 156 Å². The molecule has 3 aromatic heterocycles. The number of nitrogens with zero attached hydrogens (tertiary/aromatic N) is 5. The predicted molar refractivity (Wildman–Crippen MR) is 116 cm³/mol. The molecule has 0 aromatic carbocycles. The number of hydrogen-bond acceptors (Lipinski definition) is 10. The number of hydrogen-bond donors (Lipinski definition) is 3. The van der Waals surface area contributed by atoms with Crippen molar-refractivity contribution in [3.05, 3.63) is 46.7 Å². The van der Waals surface area contributed by atoms with Crippen molar-refractivity contribution in [2.75, 3.05) is 11.1 Å². The Bertz CT molecular complexity index is 1350. The molecule has 0 amide bonds. The van der Waals surface area contributed by atoms with Crippen LogP contribution in [0.4, 0.5) is 16.0 Å². The molecule has 31 heavy (non-hydrogen) atoms. The maximum atomic E-state index is 14.7. The highest BCUT2D eigenvalue weighted by Crippen LogP contribution is 2.37. The molecule has 0 fully saturated rings. The van der Waals surface area contributed by atoms with Crippen LogP contribution >= 0.6 is 15.9 Å². The molecule has 0 radical (unpaired) electrons. The Morgan fingerprint density at radius 3 is 2.65 bits per heavy atom. The molecule has 1 aliphatic rings. The van der Waals surface area contributed by atoms with Gasteiger partial charge in [0.15, 0.2) is 15.7 Å². The second-order valence-electron chi connectivity index (χ2n) is 7.43. The molecular weight excluding hydrogens is 493 g/mol. The fourth-order valence-electron chi connectivity index (χ4n) is 3.26. The van der Waals surface area contributed by atoms with E-state index in [9.17, 15) is 17.9 Å². The van der Waals surface area contributed by atoms with Crippen molar-refractivity contribution in [1.29, 1.82) is 0 Å². The summed E-state index contributed by atoms with van der Waals surface area (Å²) in [5.74, 6) is -1.40. The van der Waals surface area contributed by atoms with Gasteiger partial charge in [-0.05, 0) is 41.9 Å². The van der Waals surface area contributed by atoms with Gasteiger partial charge in [-0.25, -0.2) is 32.7 Å². The standard InChI is InChI=1S/C18H17BrFN7O3S/c1-17(7-31(29,30)18(2,28)16(21)27-17)10-4-13(22-6-11(10)20)26-15-14-12(24-8-25-15)3-9(19)5-23-14/h3-6,8,28H,7H2,1-2H3,(H2,21,27)(H,22,24,25,26)/t17-,18+/m0/s1. The van der Waals surface area contributed by atoms with Crippen LogP contribution in [0.25, 0.3) is 11.0 Å². The van der Waals surface area contributed by atoms with E-state index in [1.165, 1.54) is 19.3 Å². The summed E-state index contributed by atoms with van der Waals surface area (Å²) in [6, 6.07) is 3.09. The predicted octanol–water partition coefficient (Wildman–Crippen LogP) is 1.77. The monoisotopic (exact) mass is 509 g/mol. The van der Waals surface area contributed by atoms with E-state index >= 15 is 0 Å². The number of pyridine rings is 2. The van der Waals surface area contributed by atoms with Crippen molar-refractivity contribution in [1.82, 2.24) is 19.9 Å². The summed E-state index contributed by atoms with van der Waals surface area (Å²) in [7, 11) is -4.13. The number of anilines is 2. The van der Waals surface area contributed by atoms with Crippen LogP contribution in [0.1, 0.15) is 19.4 Å². The zero-order valence-corrected chi connectivity index (χ0v) is 18.7. The lowest BCUT2D eigenvalue weighted by molar-refractivity contribution is 0.204. The maximum absolute atomic E-state index is 14.7. The van der Waals surface area contributed by atoms with Crippen molar-refractivity contribution in [2.45, 2.75) is 24.3 Å². The summed E-state index contributed by atoms with van der Waals surface area (Å²) in [6.45, 7) is 2.47. The summed E-state index contributed by atoms with van der Waals surface area (Å²) < 4.78 is 40.6. The molecule has 0 saturated carbocycles. The molecule has 0 saturated heterocycles. The largest absolute Gasteiger partial charge is 0.384 e. The van der Waals surface area contributed by atoms with Crippen LogP contribution in [0.5, 0.6) is 0 Å². The molecule has 2 atom stereocenters. The normalized spacial score (nSPS) is 25.3. The van der Waals surface area contributed by atoms with Crippen molar-refractivity contribution in [2.24, 2.45) is 10.7 Å². The highest BCUT2D eigenvalue weighted by atomic mass is 79.9. The Morgan fingerprint density at radius 1 is 1.19 bits per heavy atom. The van der Waals surface area contributed by atoms with Crippen molar-refractivity contribution in [3.8, 4) is 0 Å². The van der Waals surface area contributed by atoms with Gasteiger partial charge in [0, 0.05) is 16.2 Å². The Kier molecular flexibility index (Phi) is 4.94. The number of amidine groups is 1. The molecule has 3 aromatic rings. The lowest BCUT2D eigenvalue weighted by atomic mass is 9.94. The third-order valence-electron chi connectivity index (χ3n) is 5.04. The molecular formula is C18H17BrFN7O3S. The molecule has 0 spiro atoms. The van der Waals surface area contributed by atoms with E-state index in [4.69, 9.17) is 5.73 Å². The molecule has 1 aliphatic heterocycles. The minimum absolute atomic E-state index is 0.0545. The minimum atomic E-state index is -4.13. The van der Waals surface area contributed by atoms with E-state index in [1.54, 1.807) is 12.3 Å². The van der Waals surface area contributed by atoms with Crippen molar-refractivity contribution >= 4 is 54.3 Å². The number of halogens is 2. The van der Waals surface area contributed by atoms with Crippen LogP contribution in [0.2, 0.25) is 0 Å². The zero-order chi connectivity index (χ0) is 22.6. The smallest absolute Gasteiger partial charge is 0.220 e. The van der Waals surface area contributed by atoms with E-state index in [0.29, 0.717) is 16.9 Å². The van der Waals surface area contributed by atoms with Gasteiger partial charge in [-0.1, -0.05) is 0 Å². The van der Waals surface area contributed by atoms with Gasteiger partial charge in [0.05, 0.1) is 17.5 Å². The summed E-state index contributed by atoms with van der Waals surface area (Å²) >= 11 is 3.33. The number of sulfone groups is 1. The fourth-order valence-corrected chi connectivity index (χ4v) is 5.19. The van der Waals surface area contributed by atoms with Crippen LogP contribution in [0.15, 0.2) is 40.3 Å². The van der Waals surface area contributed by atoms with Gasteiger partial charge in [0.1, 0.15) is 34.9 Å². The molecule has 4 N–H and O–H groups in total. The second-order valence-corrected chi connectivity index (χ2v) is 10.7. The maximum Gasteiger partial charge on any atom is 0.220 e. The quantitative estimate of drug-likeness (QED) is 0.478. The van der Waals surface area contributed by atoms with Gasteiger partial charge in [-0.2, -0.15) is 0 Å². The Hall–Kier alpha value is -2.77. The summed E-state index contributed by atoms with van der Waals surface area (Å²) in [6.07, 6.45) is 3.87. The fraction of sp³-hybridized carbons (Fsp3) is 0.278. The third kappa shape index (κ3) is 3.62. The number of nitrogens with two attached hydrogens (primary N) is 1. The lowest BCUT2D eigenvalue weighted by Gasteiger charge is -2.36. The zero-order valence-electron chi connectivity index (χ0n) is 16.3. The van der Waals surface area contributed by atoms with Crippen molar-refractivity contribution in [3.63, 3.8) is 0 Å². The summed E-state index contributed by atoms with van der Waals surface area (Å²) in [5.41, 5.74) is 5.14. The molecule has 0 unspecified atom stereocenters. The lowest BCUT2D eigenvalue weighted by Crippen LogP contribution is -2.56. The first kappa shape index (κ1) is 21.5. The number of nitrogens with one attached hydrogen (secondary N) is 1. The SMILES string of the molecule is C[C@]1(O)C(N)=N[C@](C)(c2cc(Nc3ncnc4cc(Br)cnc34)ncc2F)CS1(=O)=O. The van der Waals surface area contributed by atoms with Crippen LogP contribution in [0.3, 0.4) is 0 Å². The second kappa shape index (κ2) is 7.14. The minimum Gasteiger partial charge on any atom is -0.384 e.